The molecule has 3 N–H and O–H groups in total. The number of anilines is 1. The van der Waals surface area contributed by atoms with Gasteiger partial charge in [-0.25, -0.2) is 9.59 Å². The highest BCUT2D eigenvalue weighted by atomic mass is 16.5. The Morgan fingerprint density at radius 2 is 1.59 bits per heavy atom. The van der Waals surface area contributed by atoms with E-state index in [1.807, 2.05) is 36.4 Å². The van der Waals surface area contributed by atoms with Gasteiger partial charge in [-0.15, -0.1) is 0 Å². The van der Waals surface area contributed by atoms with Crippen LogP contribution in [0.4, 0.5) is 10.5 Å². The van der Waals surface area contributed by atoms with Gasteiger partial charge in [0.25, 0.3) is 0 Å². The zero-order valence-corrected chi connectivity index (χ0v) is 18.6. The Kier molecular flexibility index (Phi) is 5.32. The quantitative estimate of drug-likeness (QED) is 0.499. The molecule has 3 aromatic carbocycles. The van der Waals surface area contributed by atoms with Gasteiger partial charge in [-0.1, -0.05) is 54.6 Å². The Bertz CT molecular complexity index is 1270. The van der Waals surface area contributed by atoms with Crippen molar-refractivity contribution in [3.05, 3.63) is 89.0 Å². The number of amides is 2. The SMILES string of the molecule is Cc1ccc(NC(=O)C2(NC(=O)OCC3c4ccccc4-c4ccccc43)CC2)cc1C(=O)O. The molecule has 0 aliphatic heterocycles. The highest BCUT2D eigenvalue weighted by Gasteiger charge is 2.51. The normalized spacial score (nSPS) is 15.1. The Hall–Kier alpha value is -4.13. The van der Waals surface area contributed by atoms with Gasteiger partial charge in [-0.3, -0.25) is 4.79 Å². The molecule has 2 aliphatic carbocycles. The van der Waals surface area contributed by atoms with Crippen molar-refractivity contribution >= 4 is 23.7 Å². The first-order chi connectivity index (χ1) is 16.4. The highest BCUT2D eigenvalue weighted by molar-refractivity contribution is 6.03. The number of nitrogens with one attached hydrogen (secondary N) is 2. The minimum atomic E-state index is -1.06. The summed E-state index contributed by atoms with van der Waals surface area (Å²) in [6.45, 7) is 1.85. The average Bonchev–Trinajstić information content (AvgIpc) is 3.54. The maximum Gasteiger partial charge on any atom is 0.408 e. The van der Waals surface area contributed by atoms with Crippen molar-refractivity contribution in [3.8, 4) is 11.1 Å². The van der Waals surface area contributed by atoms with Crippen molar-refractivity contribution in [2.24, 2.45) is 0 Å². The highest BCUT2D eigenvalue weighted by Crippen LogP contribution is 2.44. The summed E-state index contributed by atoms with van der Waals surface area (Å²) in [5, 5.41) is 14.7. The summed E-state index contributed by atoms with van der Waals surface area (Å²) in [4.78, 5) is 36.9. The number of rotatable bonds is 6. The largest absolute Gasteiger partial charge is 0.478 e. The zero-order valence-electron chi connectivity index (χ0n) is 18.6. The number of carboxylic acids is 1. The van der Waals surface area contributed by atoms with Gasteiger partial charge in [0, 0.05) is 11.6 Å². The van der Waals surface area contributed by atoms with Gasteiger partial charge in [-0.05, 0) is 59.7 Å². The lowest BCUT2D eigenvalue weighted by Crippen LogP contribution is -2.46. The molecule has 0 atom stereocenters. The van der Waals surface area contributed by atoms with Crippen LogP contribution in [0.15, 0.2) is 66.7 Å². The standard InChI is InChI=1S/C27H24N2O5/c1-16-10-11-17(14-22(16)24(30)31)28-25(32)27(12-13-27)29-26(33)34-15-23-20-8-4-2-6-18(20)19-7-3-5-9-21(19)23/h2-11,14,23H,12-13,15H2,1H3,(H,28,32)(H,29,33)(H,30,31). The number of benzene rings is 3. The van der Waals surface area contributed by atoms with E-state index in [1.165, 1.54) is 6.07 Å². The smallest absolute Gasteiger partial charge is 0.408 e. The van der Waals surface area contributed by atoms with Crippen molar-refractivity contribution in [1.82, 2.24) is 5.32 Å². The fourth-order valence-corrected chi connectivity index (χ4v) is 4.54. The predicted molar refractivity (Wildman–Crippen MR) is 127 cm³/mol. The maximum absolute atomic E-state index is 12.9. The van der Waals surface area contributed by atoms with Crippen molar-refractivity contribution < 1.29 is 24.2 Å². The van der Waals surface area contributed by atoms with Crippen LogP contribution in [0.25, 0.3) is 11.1 Å². The molecule has 2 aliphatic rings. The van der Waals surface area contributed by atoms with Crippen molar-refractivity contribution in [1.29, 1.82) is 0 Å². The lowest BCUT2D eigenvalue weighted by Gasteiger charge is -2.19. The number of hydrogen-bond donors (Lipinski definition) is 3. The van der Waals surface area contributed by atoms with Crippen LogP contribution in [0.1, 0.15) is 45.8 Å². The molecule has 0 unspecified atom stereocenters. The van der Waals surface area contributed by atoms with E-state index in [2.05, 4.69) is 22.8 Å². The minimum Gasteiger partial charge on any atom is -0.478 e. The molecule has 1 fully saturated rings. The molecular formula is C27H24N2O5. The molecule has 0 saturated heterocycles. The first kappa shape index (κ1) is 21.7. The maximum atomic E-state index is 12.9. The third-order valence-electron chi connectivity index (χ3n) is 6.60. The second-order valence-electron chi connectivity index (χ2n) is 8.82. The molecule has 3 aromatic rings. The summed E-state index contributed by atoms with van der Waals surface area (Å²) >= 11 is 0. The number of carbonyl (C=O) groups is 3. The number of alkyl carbamates (subject to hydrolysis) is 1. The van der Waals surface area contributed by atoms with E-state index in [9.17, 15) is 19.5 Å². The first-order valence-corrected chi connectivity index (χ1v) is 11.2. The molecule has 2 amide bonds. The topological polar surface area (TPSA) is 105 Å². The summed E-state index contributed by atoms with van der Waals surface area (Å²) < 4.78 is 5.57. The third-order valence-corrected chi connectivity index (χ3v) is 6.60. The predicted octanol–water partition coefficient (Wildman–Crippen LogP) is 4.70. The van der Waals surface area contributed by atoms with Gasteiger partial charge in [0.1, 0.15) is 12.1 Å². The molecule has 5 rings (SSSR count). The van der Waals surface area contributed by atoms with E-state index in [0.717, 1.165) is 22.3 Å². The fourth-order valence-electron chi connectivity index (χ4n) is 4.54. The minimum absolute atomic E-state index is 0.0656. The summed E-state index contributed by atoms with van der Waals surface area (Å²) in [5.74, 6) is -1.52. The third kappa shape index (κ3) is 3.90. The number of aromatic carboxylic acids is 1. The summed E-state index contributed by atoms with van der Waals surface area (Å²) in [5.41, 5.74) is 4.56. The number of aryl methyl sites for hydroxylation is 1. The zero-order chi connectivity index (χ0) is 23.9. The molecule has 0 spiro atoms. The molecule has 1 saturated carbocycles. The van der Waals surface area contributed by atoms with Crippen LogP contribution in [0.3, 0.4) is 0 Å². The van der Waals surface area contributed by atoms with Gasteiger partial charge in [0.2, 0.25) is 5.91 Å². The average molecular weight is 456 g/mol. The molecule has 7 nitrogen and oxygen atoms in total. The summed E-state index contributed by atoms with van der Waals surface area (Å²) in [6, 6.07) is 20.9. The first-order valence-electron chi connectivity index (χ1n) is 11.2. The summed E-state index contributed by atoms with van der Waals surface area (Å²) in [7, 11) is 0. The fraction of sp³-hybridized carbons (Fsp3) is 0.222. The molecule has 0 radical (unpaired) electrons. The van der Waals surface area contributed by atoms with Crippen molar-refractivity contribution in [2.75, 3.05) is 11.9 Å². The van der Waals surface area contributed by atoms with Gasteiger partial charge in [-0.2, -0.15) is 0 Å². The van der Waals surface area contributed by atoms with Crippen LogP contribution >= 0.6 is 0 Å². The van der Waals surface area contributed by atoms with E-state index in [4.69, 9.17) is 4.74 Å². The van der Waals surface area contributed by atoms with Crippen LogP contribution in [0.2, 0.25) is 0 Å². The van der Waals surface area contributed by atoms with E-state index in [-0.39, 0.29) is 24.0 Å². The number of fused-ring (bicyclic) bond motifs is 3. The Balaban J connectivity index is 1.24. The Morgan fingerprint density at radius 1 is 0.971 bits per heavy atom. The van der Waals surface area contributed by atoms with Crippen LogP contribution in [0, 0.1) is 6.92 Å². The van der Waals surface area contributed by atoms with E-state index in [0.29, 0.717) is 24.1 Å². The molecule has 0 heterocycles. The van der Waals surface area contributed by atoms with Crippen LogP contribution in [-0.2, 0) is 9.53 Å². The van der Waals surface area contributed by atoms with Gasteiger partial charge in [0.15, 0.2) is 0 Å². The van der Waals surface area contributed by atoms with Crippen LogP contribution in [0.5, 0.6) is 0 Å². The van der Waals surface area contributed by atoms with Crippen molar-refractivity contribution in [3.63, 3.8) is 0 Å². The van der Waals surface area contributed by atoms with E-state index in [1.54, 1.807) is 19.1 Å². The lowest BCUT2D eigenvalue weighted by molar-refractivity contribution is -0.119. The Labute approximate surface area is 196 Å². The van der Waals surface area contributed by atoms with Gasteiger partial charge in [0.05, 0.1) is 5.56 Å². The van der Waals surface area contributed by atoms with Gasteiger partial charge >= 0.3 is 12.1 Å². The van der Waals surface area contributed by atoms with Crippen LogP contribution < -0.4 is 10.6 Å². The van der Waals surface area contributed by atoms with Crippen LogP contribution in [-0.4, -0.2) is 35.2 Å². The number of carbonyl (C=O) groups excluding carboxylic acids is 2. The number of ether oxygens (including phenoxy) is 1. The number of carboxylic acid groups (broad SMARTS) is 1. The molecule has 172 valence electrons. The van der Waals surface area contributed by atoms with Gasteiger partial charge < -0.3 is 20.5 Å². The number of hydrogen-bond acceptors (Lipinski definition) is 4. The monoisotopic (exact) mass is 456 g/mol. The molecule has 0 aromatic heterocycles. The molecule has 7 heteroatoms. The second kappa shape index (κ2) is 8.33. The Morgan fingerprint density at radius 3 is 2.18 bits per heavy atom. The molecule has 0 bridgehead atoms. The van der Waals surface area contributed by atoms with Crippen molar-refractivity contribution in [2.45, 2.75) is 31.2 Å². The lowest BCUT2D eigenvalue weighted by atomic mass is 9.98. The molecule has 34 heavy (non-hydrogen) atoms. The summed E-state index contributed by atoms with van der Waals surface area (Å²) in [6.07, 6.45) is 0.325. The second-order valence-corrected chi connectivity index (χ2v) is 8.82. The van der Waals surface area contributed by atoms with E-state index < -0.39 is 17.6 Å². The van der Waals surface area contributed by atoms with E-state index >= 15 is 0 Å². The molecular weight excluding hydrogens is 432 g/mol.